The van der Waals surface area contributed by atoms with Crippen LogP contribution in [0.5, 0.6) is 0 Å². The zero-order valence-corrected chi connectivity index (χ0v) is 14.7. The molecule has 0 bridgehead atoms. The summed E-state index contributed by atoms with van der Waals surface area (Å²) in [6, 6.07) is 16.5. The summed E-state index contributed by atoms with van der Waals surface area (Å²) in [5, 5.41) is 4.45. The van der Waals surface area contributed by atoms with Crippen molar-refractivity contribution < 1.29 is 0 Å². The first-order chi connectivity index (χ1) is 10.1. The van der Waals surface area contributed by atoms with E-state index in [9.17, 15) is 0 Å². The maximum atomic E-state index is 4.45. The molecule has 2 aromatic carbocycles. The topological polar surface area (TPSA) is 17.8 Å². The summed E-state index contributed by atoms with van der Waals surface area (Å²) >= 11 is 7.31. The molecule has 0 fully saturated rings. The molecule has 0 radical (unpaired) electrons. The van der Waals surface area contributed by atoms with E-state index in [0.717, 1.165) is 15.7 Å². The van der Waals surface area contributed by atoms with Crippen LogP contribution in [0.4, 0.5) is 0 Å². The summed E-state index contributed by atoms with van der Waals surface area (Å²) in [5.74, 6) is 0. The Morgan fingerprint density at radius 3 is 2.52 bits per heavy atom. The van der Waals surface area contributed by atoms with Gasteiger partial charge in [-0.15, -0.1) is 0 Å². The van der Waals surface area contributed by atoms with Gasteiger partial charge in [0.2, 0.25) is 0 Å². The maximum absolute atomic E-state index is 4.45. The van der Waals surface area contributed by atoms with Gasteiger partial charge in [0.15, 0.2) is 0 Å². The summed E-state index contributed by atoms with van der Waals surface area (Å²) in [4.78, 5) is 0.141. The highest BCUT2D eigenvalue weighted by Gasteiger charge is 2.13. The molecule has 1 heterocycles. The Balaban J connectivity index is 1.90. The molecular weight excluding hydrogens is 392 g/mol. The molecule has 0 aliphatic rings. The lowest BCUT2D eigenvalue weighted by Gasteiger charge is -2.09. The summed E-state index contributed by atoms with van der Waals surface area (Å²) < 4.78 is 3.03. The third kappa shape index (κ3) is 3.11. The van der Waals surface area contributed by atoms with Gasteiger partial charge in [-0.2, -0.15) is 5.10 Å². The van der Waals surface area contributed by atoms with E-state index in [-0.39, 0.29) is 4.83 Å². The van der Waals surface area contributed by atoms with Crippen LogP contribution in [0.25, 0.3) is 5.69 Å². The van der Waals surface area contributed by atoms with Gasteiger partial charge in [0.05, 0.1) is 16.7 Å². The molecule has 0 aliphatic heterocycles. The molecule has 0 N–H and O–H groups in total. The minimum atomic E-state index is 0.141. The Bertz CT molecular complexity index is 750. The smallest absolute Gasteiger partial charge is 0.0675 e. The summed E-state index contributed by atoms with van der Waals surface area (Å²) in [6.45, 7) is 2.10. The predicted molar refractivity (Wildman–Crippen MR) is 93.2 cm³/mol. The number of aromatic nitrogens is 2. The van der Waals surface area contributed by atoms with Crippen molar-refractivity contribution in [2.24, 2.45) is 0 Å². The van der Waals surface area contributed by atoms with Gasteiger partial charge < -0.3 is 0 Å². The van der Waals surface area contributed by atoms with E-state index in [1.54, 1.807) is 0 Å². The average molecular weight is 406 g/mol. The highest BCUT2D eigenvalue weighted by molar-refractivity contribution is 9.10. The van der Waals surface area contributed by atoms with Crippen molar-refractivity contribution >= 4 is 31.9 Å². The Kier molecular flexibility index (Phi) is 4.27. The van der Waals surface area contributed by atoms with Gasteiger partial charge in [0.1, 0.15) is 0 Å². The lowest BCUT2D eigenvalue weighted by molar-refractivity contribution is 0.880. The largest absolute Gasteiger partial charge is 0.241 e. The Morgan fingerprint density at radius 1 is 1.05 bits per heavy atom. The monoisotopic (exact) mass is 404 g/mol. The van der Waals surface area contributed by atoms with Crippen molar-refractivity contribution in [2.45, 2.75) is 11.8 Å². The fourth-order valence-electron chi connectivity index (χ4n) is 2.21. The van der Waals surface area contributed by atoms with E-state index in [2.05, 4.69) is 68.3 Å². The highest BCUT2D eigenvalue weighted by Crippen LogP contribution is 2.32. The van der Waals surface area contributed by atoms with E-state index < -0.39 is 0 Å². The zero-order chi connectivity index (χ0) is 14.8. The molecule has 4 heteroatoms. The van der Waals surface area contributed by atoms with Gasteiger partial charge in [0, 0.05) is 16.2 Å². The molecule has 1 atom stereocenters. The second-order valence-electron chi connectivity index (χ2n) is 4.92. The second kappa shape index (κ2) is 6.16. The molecule has 106 valence electrons. The molecule has 1 unspecified atom stereocenters. The number of aryl methyl sites for hydroxylation is 1. The molecular formula is C17H14Br2N2. The lowest BCUT2D eigenvalue weighted by atomic mass is 10.1. The summed E-state index contributed by atoms with van der Waals surface area (Å²) in [7, 11) is 0. The third-order valence-corrected chi connectivity index (χ3v) is 5.34. The van der Waals surface area contributed by atoms with Crippen LogP contribution < -0.4 is 0 Å². The van der Waals surface area contributed by atoms with Gasteiger partial charge in [-0.3, -0.25) is 0 Å². The van der Waals surface area contributed by atoms with Crippen LogP contribution >= 0.6 is 31.9 Å². The maximum Gasteiger partial charge on any atom is 0.0675 e. The van der Waals surface area contributed by atoms with Crippen LogP contribution in [0.15, 0.2) is 65.4 Å². The van der Waals surface area contributed by atoms with Gasteiger partial charge in [0.25, 0.3) is 0 Å². The van der Waals surface area contributed by atoms with Crippen molar-refractivity contribution in [3.05, 3.63) is 82.1 Å². The fraction of sp³-hybridized carbons (Fsp3) is 0.118. The summed E-state index contributed by atoms with van der Waals surface area (Å²) in [5.41, 5.74) is 4.66. The van der Waals surface area contributed by atoms with Crippen LogP contribution in [-0.4, -0.2) is 9.78 Å². The van der Waals surface area contributed by atoms with Crippen molar-refractivity contribution in [2.75, 3.05) is 0 Å². The van der Waals surface area contributed by atoms with E-state index in [4.69, 9.17) is 0 Å². The van der Waals surface area contributed by atoms with E-state index in [1.807, 2.05) is 41.2 Å². The van der Waals surface area contributed by atoms with Gasteiger partial charge in [-0.05, 0) is 36.2 Å². The number of para-hydroxylation sites is 1. The van der Waals surface area contributed by atoms with Crippen molar-refractivity contribution in [3.8, 4) is 5.69 Å². The molecule has 3 rings (SSSR count). The molecule has 0 saturated carbocycles. The van der Waals surface area contributed by atoms with Crippen molar-refractivity contribution in [1.29, 1.82) is 0 Å². The lowest BCUT2D eigenvalue weighted by Crippen LogP contribution is -1.94. The number of halogens is 2. The van der Waals surface area contributed by atoms with Crippen LogP contribution in [-0.2, 0) is 0 Å². The van der Waals surface area contributed by atoms with Crippen LogP contribution in [0.3, 0.4) is 0 Å². The Labute approximate surface area is 141 Å². The Morgan fingerprint density at radius 2 is 1.81 bits per heavy atom. The average Bonchev–Trinajstić information content (AvgIpc) is 3.00. The van der Waals surface area contributed by atoms with E-state index in [1.165, 1.54) is 11.1 Å². The second-order valence-corrected chi connectivity index (χ2v) is 6.69. The molecule has 2 nitrogen and oxygen atoms in total. The van der Waals surface area contributed by atoms with E-state index >= 15 is 0 Å². The van der Waals surface area contributed by atoms with Crippen LogP contribution in [0.1, 0.15) is 21.5 Å². The highest BCUT2D eigenvalue weighted by atomic mass is 79.9. The van der Waals surface area contributed by atoms with Gasteiger partial charge in [-0.1, -0.05) is 62.2 Å². The number of hydrogen-bond donors (Lipinski definition) is 0. The minimum Gasteiger partial charge on any atom is -0.241 e. The quantitative estimate of drug-likeness (QED) is 0.531. The molecule has 0 spiro atoms. The number of rotatable bonds is 3. The normalized spacial score (nSPS) is 12.3. The summed E-state index contributed by atoms with van der Waals surface area (Å²) in [6.07, 6.45) is 3.97. The zero-order valence-electron chi connectivity index (χ0n) is 11.5. The Hall–Kier alpha value is -1.39. The van der Waals surface area contributed by atoms with Crippen LogP contribution in [0, 0.1) is 6.92 Å². The predicted octanol–water partition coefficient (Wildman–Crippen LogP) is 5.43. The first-order valence-electron chi connectivity index (χ1n) is 6.65. The first-order valence-corrected chi connectivity index (χ1v) is 8.36. The molecule has 21 heavy (non-hydrogen) atoms. The van der Waals surface area contributed by atoms with Gasteiger partial charge in [-0.25, -0.2) is 4.68 Å². The SMILES string of the molecule is Cc1cc(C(Br)c2cnn(-c3ccccc3)c2)ccc1Br. The minimum absolute atomic E-state index is 0.141. The van der Waals surface area contributed by atoms with Crippen molar-refractivity contribution in [3.63, 3.8) is 0 Å². The van der Waals surface area contributed by atoms with Crippen LogP contribution in [0.2, 0.25) is 0 Å². The van der Waals surface area contributed by atoms with Crippen molar-refractivity contribution in [1.82, 2.24) is 9.78 Å². The standard InChI is InChI=1S/C17H14Br2N2/c1-12-9-13(7-8-16(12)18)17(19)14-10-20-21(11-14)15-5-3-2-4-6-15/h2-11,17H,1H3. The number of hydrogen-bond acceptors (Lipinski definition) is 1. The first kappa shape index (κ1) is 14.5. The molecule has 3 aromatic rings. The third-order valence-electron chi connectivity index (χ3n) is 3.39. The molecule has 0 saturated heterocycles. The molecule has 1 aromatic heterocycles. The van der Waals surface area contributed by atoms with Gasteiger partial charge >= 0.3 is 0 Å². The number of alkyl halides is 1. The molecule has 0 amide bonds. The fourth-order valence-corrected chi connectivity index (χ4v) is 2.98. The number of nitrogens with zero attached hydrogens (tertiary/aromatic N) is 2. The number of benzene rings is 2. The van der Waals surface area contributed by atoms with E-state index in [0.29, 0.717) is 0 Å². The molecule has 0 aliphatic carbocycles.